The van der Waals surface area contributed by atoms with Crippen molar-refractivity contribution in [2.45, 2.75) is 44.7 Å². The molecule has 0 bridgehead atoms. The van der Waals surface area contributed by atoms with Gasteiger partial charge in [-0.2, -0.15) is 0 Å². The van der Waals surface area contributed by atoms with E-state index in [9.17, 15) is 18.0 Å². The van der Waals surface area contributed by atoms with Crippen LogP contribution in [-0.4, -0.2) is 32.4 Å². The summed E-state index contributed by atoms with van der Waals surface area (Å²) in [5.41, 5.74) is 0.400. The fraction of sp³-hybridized carbons (Fsp3) is 0.375. The van der Waals surface area contributed by atoms with Gasteiger partial charge < -0.3 is 10.1 Å². The first-order chi connectivity index (χ1) is 11.2. The molecule has 0 aliphatic carbocycles. The number of carbonyl (C=O) groups excluding carboxylic acids is 2. The molecule has 8 heteroatoms. The lowest BCUT2D eigenvalue weighted by Crippen LogP contribution is -2.30. The highest BCUT2D eigenvalue weighted by molar-refractivity contribution is 7.89. The Morgan fingerprint density at radius 2 is 1.71 bits per heavy atom. The summed E-state index contributed by atoms with van der Waals surface area (Å²) < 4.78 is 31.4. The van der Waals surface area contributed by atoms with Crippen LogP contribution in [0.3, 0.4) is 0 Å². The maximum Gasteiger partial charge on any atom is 0.331 e. The van der Waals surface area contributed by atoms with E-state index >= 15 is 0 Å². The van der Waals surface area contributed by atoms with Gasteiger partial charge in [-0.1, -0.05) is 6.08 Å². The second-order valence-electron chi connectivity index (χ2n) is 5.37. The standard InChI is InChI=1S/C16H22N2O5S/c1-5-6-15(19)23-12(4)16(20)17-13-7-9-14(10-8-13)24(21,22)18-11(2)3/h5-12,18H,1-4H3,(H,17,20). The minimum absolute atomic E-state index is 0.0989. The first-order valence-corrected chi connectivity index (χ1v) is 8.90. The molecule has 0 heterocycles. The van der Waals surface area contributed by atoms with E-state index in [1.54, 1.807) is 20.8 Å². The van der Waals surface area contributed by atoms with Gasteiger partial charge in [-0.05, 0) is 52.0 Å². The van der Waals surface area contributed by atoms with E-state index in [4.69, 9.17) is 4.74 Å². The van der Waals surface area contributed by atoms with Gasteiger partial charge >= 0.3 is 5.97 Å². The highest BCUT2D eigenvalue weighted by atomic mass is 32.2. The lowest BCUT2D eigenvalue weighted by Gasteiger charge is -2.13. The molecule has 1 amide bonds. The second kappa shape index (κ2) is 8.60. The predicted octanol–water partition coefficient (Wildman–Crippen LogP) is 1.82. The number of ether oxygens (including phenoxy) is 1. The van der Waals surface area contributed by atoms with Crippen LogP contribution in [0.2, 0.25) is 0 Å². The van der Waals surface area contributed by atoms with Gasteiger partial charge in [-0.15, -0.1) is 0 Å². The summed E-state index contributed by atoms with van der Waals surface area (Å²) in [6, 6.07) is 5.48. The molecule has 0 saturated heterocycles. The molecule has 1 atom stereocenters. The minimum atomic E-state index is -3.58. The van der Waals surface area contributed by atoms with E-state index in [2.05, 4.69) is 10.0 Å². The molecule has 1 aromatic carbocycles. The van der Waals surface area contributed by atoms with Crippen molar-refractivity contribution in [2.75, 3.05) is 5.32 Å². The van der Waals surface area contributed by atoms with Crippen molar-refractivity contribution in [1.82, 2.24) is 4.72 Å². The lowest BCUT2D eigenvalue weighted by atomic mass is 10.3. The quantitative estimate of drug-likeness (QED) is 0.574. The van der Waals surface area contributed by atoms with E-state index in [0.717, 1.165) is 0 Å². The van der Waals surface area contributed by atoms with Crippen LogP contribution >= 0.6 is 0 Å². The minimum Gasteiger partial charge on any atom is -0.449 e. The number of anilines is 1. The molecular weight excluding hydrogens is 332 g/mol. The van der Waals surface area contributed by atoms with E-state index < -0.39 is 28.0 Å². The molecule has 24 heavy (non-hydrogen) atoms. The van der Waals surface area contributed by atoms with E-state index in [0.29, 0.717) is 5.69 Å². The average Bonchev–Trinajstić information content (AvgIpc) is 2.46. The summed E-state index contributed by atoms with van der Waals surface area (Å²) in [5.74, 6) is -1.12. The summed E-state index contributed by atoms with van der Waals surface area (Å²) in [4.78, 5) is 23.3. The molecule has 1 rings (SSSR count). The van der Waals surface area contributed by atoms with Crippen molar-refractivity contribution in [3.8, 4) is 0 Å². The van der Waals surface area contributed by atoms with Crippen molar-refractivity contribution in [1.29, 1.82) is 0 Å². The van der Waals surface area contributed by atoms with Crippen LogP contribution in [0.4, 0.5) is 5.69 Å². The summed E-state index contributed by atoms with van der Waals surface area (Å²) in [6.07, 6.45) is 1.75. The zero-order valence-electron chi connectivity index (χ0n) is 14.1. The van der Waals surface area contributed by atoms with Crippen LogP contribution in [0.15, 0.2) is 41.3 Å². The van der Waals surface area contributed by atoms with Gasteiger partial charge in [0.05, 0.1) is 4.90 Å². The Morgan fingerprint density at radius 1 is 1.12 bits per heavy atom. The van der Waals surface area contributed by atoms with Gasteiger partial charge in [0.25, 0.3) is 5.91 Å². The molecule has 0 aromatic heterocycles. The number of benzene rings is 1. The summed E-state index contributed by atoms with van der Waals surface area (Å²) in [6.45, 7) is 6.56. The van der Waals surface area contributed by atoms with Crippen molar-refractivity contribution in [3.05, 3.63) is 36.4 Å². The highest BCUT2D eigenvalue weighted by Gasteiger charge is 2.18. The molecule has 1 aromatic rings. The highest BCUT2D eigenvalue weighted by Crippen LogP contribution is 2.15. The van der Waals surface area contributed by atoms with Gasteiger partial charge in [0.15, 0.2) is 6.10 Å². The molecule has 0 fully saturated rings. The SMILES string of the molecule is CC=CC(=O)OC(C)C(=O)Nc1ccc(S(=O)(=O)NC(C)C)cc1. The Balaban J connectivity index is 2.73. The Labute approximate surface area is 142 Å². The first-order valence-electron chi connectivity index (χ1n) is 7.42. The van der Waals surface area contributed by atoms with Crippen LogP contribution in [0, 0.1) is 0 Å². The first kappa shape index (κ1) is 19.9. The largest absolute Gasteiger partial charge is 0.449 e. The maximum atomic E-state index is 12.0. The van der Waals surface area contributed by atoms with Gasteiger partial charge in [-0.3, -0.25) is 4.79 Å². The van der Waals surface area contributed by atoms with Crippen molar-refractivity contribution in [3.63, 3.8) is 0 Å². The van der Waals surface area contributed by atoms with E-state index in [1.165, 1.54) is 43.3 Å². The van der Waals surface area contributed by atoms with Crippen molar-refractivity contribution in [2.24, 2.45) is 0 Å². The topological polar surface area (TPSA) is 102 Å². The number of nitrogens with one attached hydrogen (secondary N) is 2. The number of esters is 1. The molecule has 7 nitrogen and oxygen atoms in total. The second-order valence-corrected chi connectivity index (χ2v) is 7.08. The third kappa shape index (κ3) is 6.13. The molecule has 132 valence electrons. The van der Waals surface area contributed by atoms with Gasteiger partial charge in [0.1, 0.15) is 0 Å². The maximum absolute atomic E-state index is 12.0. The molecule has 0 aliphatic rings. The average molecular weight is 354 g/mol. The molecule has 0 spiro atoms. The Hall–Kier alpha value is -2.19. The van der Waals surface area contributed by atoms with Gasteiger partial charge in [0.2, 0.25) is 10.0 Å². The smallest absolute Gasteiger partial charge is 0.331 e. The molecular formula is C16H22N2O5S. The summed E-state index contributed by atoms with van der Waals surface area (Å²) >= 11 is 0. The van der Waals surface area contributed by atoms with Crippen LogP contribution in [0.1, 0.15) is 27.7 Å². The zero-order chi connectivity index (χ0) is 18.3. The van der Waals surface area contributed by atoms with Crippen LogP contribution in [0.25, 0.3) is 0 Å². The third-order valence-corrected chi connectivity index (χ3v) is 4.46. The normalized spacial score (nSPS) is 13.0. The lowest BCUT2D eigenvalue weighted by molar-refractivity contribution is -0.148. The van der Waals surface area contributed by atoms with E-state index in [1.807, 2.05) is 0 Å². The number of hydrogen-bond acceptors (Lipinski definition) is 5. The Morgan fingerprint density at radius 3 is 2.21 bits per heavy atom. The van der Waals surface area contributed by atoms with Crippen LogP contribution in [-0.2, 0) is 24.3 Å². The fourth-order valence-electron chi connectivity index (χ4n) is 1.74. The molecule has 1 unspecified atom stereocenters. The van der Waals surface area contributed by atoms with Crippen molar-refractivity contribution < 1.29 is 22.7 Å². The summed E-state index contributed by atoms with van der Waals surface area (Å²) in [5, 5.41) is 2.55. The molecule has 0 aliphatic heterocycles. The zero-order valence-corrected chi connectivity index (χ0v) is 14.9. The summed E-state index contributed by atoms with van der Waals surface area (Å²) in [7, 11) is -3.58. The molecule has 2 N–H and O–H groups in total. The Bertz CT molecular complexity index is 708. The molecule has 0 saturated carbocycles. The van der Waals surface area contributed by atoms with Crippen LogP contribution < -0.4 is 10.0 Å². The van der Waals surface area contributed by atoms with Gasteiger partial charge in [-0.25, -0.2) is 17.9 Å². The van der Waals surface area contributed by atoms with Gasteiger partial charge in [0, 0.05) is 17.8 Å². The van der Waals surface area contributed by atoms with E-state index in [-0.39, 0.29) is 10.9 Å². The van der Waals surface area contributed by atoms with Crippen LogP contribution in [0.5, 0.6) is 0 Å². The molecule has 0 radical (unpaired) electrons. The number of carbonyl (C=O) groups is 2. The number of hydrogen-bond donors (Lipinski definition) is 2. The van der Waals surface area contributed by atoms with Crippen molar-refractivity contribution >= 4 is 27.6 Å². The third-order valence-electron chi connectivity index (χ3n) is 2.79. The predicted molar refractivity (Wildman–Crippen MR) is 90.9 cm³/mol. The monoisotopic (exact) mass is 354 g/mol. The number of sulfonamides is 1. The number of amides is 1. The number of allylic oxidation sites excluding steroid dienone is 1. The number of rotatable bonds is 7. The fourth-order valence-corrected chi connectivity index (χ4v) is 2.99. The Kier molecular flexibility index (Phi) is 7.12.